The molecule has 2 heteroatoms. The van der Waals surface area contributed by atoms with Gasteiger partial charge >= 0.3 is 0 Å². The van der Waals surface area contributed by atoms with E-state index in [0.29, 0.717) is 24.4 Å². The van der Waals surface area contributed by atoms with Crippen molar-refractivity contribution in [3.63, 3.8) is 0 Å². The Morgan fingerprint density at radius 1 is 1.14 bits per heavy atom. The second-order valence-electron chi connectivity index (χ2n) is 9.36. The minimum atomic E-state index is -0.311. The first-order chi connectivity index (χ1) is 13.6. The molecule has 2 aromatic rings. The molecule has 0 unspecified atom stereocenters. The second kappa shape index (κ2) is 6.77. The molecule has 3 aliphatic rings. The van der Waals surface area contributed by atoms with Crippen LogP contribution in [0.5, 0.6) is 5.75 Å². The maximum atomic E-state index is 10.7. The van der Waals surface area contributed by atoms with Crippen molar-refractivity contribution in [2.45, 2.75) is 57.7 Å². The predicted octanol–water partition coefficient (Wildman–Crippen LogP) is 5.65. The lowest BCUT2D eigenvalue weighted by molar-refractivity contribution is -0.0159. The zero-order valence-electron chi connectivity index (χ0n) is 16.7. The van der Waals surface area contributed by atoms with Crippen molar-refractivity contribution in [1.29, 1.82) is 0 Å². The summed E-state index contributed by atoms with van der Waals surface area (Å²) >= 11 is 0. The molecule has 1 N–H and O–H groups in total. The molecule has 0 amide bonds. The van der Waals surface area contributed by atoms with Gasteiger partial charge in [0.1, 0.15) is 12.4 Å². The van der Waals surface area contributed by atoms with Gasteiger partial charge in [0, 0.05) is 5.41 Å². The first-order valence-corrected chi connectivity index (χ1v) is 10.7. The summed E-state index contributed by atoms with van der Waals surface area (Å²) in [4.78, 5) is 0. The average molecular weight is 375 g/mol. The summed E-state index contributed by atoms with van der Waals surface area (Å²) in [6.45, 7) is 7.09. The highest BCUT2D eigenvalue weighted by atomic mass is 16.5. The highest BCUT2D eigenvalue weighted by molar-refractivity contribution is 5.41. The molecule has 0 heterocycles. The Labute approximate surface area is 168 Å². The summed E-state index contributed by atoms with van der Waals surface area (Å²) in [7, 11) is 0. The van der Waals surface area contributed by atoms with Crippen molar-refractivity contribution < 1.29 is 9.84 Å². The zero-order chi connectivity index (χ0) is 19.3. The van der Waals surface area contributed by atoms with Gasteiger partial charge < -0.3 is 9.84 Å². The third-order valence-corrected chi connectivity index (χ3v) is 7.88. The smallest absolute Gasteiger partial charge is 0.120 e. The summed E-state index contributed by atoms with van der Waals surface area (Å²) in [5, 5.41) is 10.7. The molecule has 0 aromatic heterocycles. The lowest BCUT2D eigenvalue weighted by atomic mass is 9.55. The lowest BCUT2D eigenvalue weighted by Crippen LogP contribution is -2.44. The average Bonchev–Trinajstić information content (AvgIpc) is 2.96. The fourth-order valence-electron chi connectivity index (χ4n) is 6.32. The Balaban J connectivity index is 1.36. The van der Waals surface area contributed by atoms with E-state index in [1.807, 2.05) is 6.07 Å². The van der Waals surface area contributed by atoms with E-state index in [4.69, 9.17) is 4.74 Å². The number of aliphatic hydroxyl groups excluding tert-OH is 1. The van der Waals surface area contributed by atoms with Crippen molar-refractivity contribution in [3.8, 4) is 5.75 Å². The standard InChI is InChI=1S/C26H30O2/c1-17-14-24-23-10-8-19-15-20(28-16-18-6-4-3-5-7-18)9-11-21(19)22(23)12-13-26(24,2)25(17)27/h3-7,9,11,15,22-25,27H,1,8,10,12-14,16H2,2H3/t22-,23-,24+,25+,26+/m1/s1. The molecule has 3 aliphatic carbocycles. The van der Waals surface area contributed by atoms with Gasteiger partial charge in [-0.1, -0.05) is 49.9 Å². The van der Waals surface area contributed by atoms with Gasteiger partial charge in [-0.2, -0.15) is 0 Å². The van der Waals surface area contributed by atoms with Crippen LogP contribution in [0.2, 0.25) is 0 Å². The van der Waals surface area contributed by atoms with Crippen LogP contribution >= 0.6 is 0 Å². The number of aliphatic hydroxyl groups is 1. The summed E-state index contributed by atoms with van der Waals surface area (Å²) in [6, 6.07) is 17.1. The molecular formula is C26H30O2. The molecule has 0 aliphatic heterocycles. The Morgan fingerprint density at radius 3 is 2.79 bits per heavy atom. The normalized spacial score (nSPS) is 33.7. The molecule has 0 radical (unpaired) electrons. The number of aryl methyl sites for hydroxylation is 1. The van der Waals surface area contributed by atoms with Crippen LogP contribution in [-0.2, 0) is 13.0 Å². The molecule has 2 aromatic carbocycles. The highest BCUT2D eigenvalue weighted by Crippen LogP contribution is 2.61. The third kappa shape index (κ3) is 2.81. The maximum Gasteiger partial charge on any atom is 0.120 e. The van der Waals surface area contributed by atoms with Gasteiger partial charge in [0.2, 0.25) is 0 Å². The van der Waals surface area contributed by atoms with E-state index < -0.39 is 0 Å². The van der Waals surface area contributed by atoms with Gasteiger partial charge in [0.25, 0.3) is 0 Å². The van der Waals surface area contributed by atoms with Crippen LogP contribution in [0.3, 0.4) is 0 Å². The van der Waals surface area contributed by atoms with Gasteiger partial charge in [0.05, 0.1) is 6.10 Å². The van der Waals surface area contributed by atoms with Crippen molar-refractivity contribution in [1.82, 2.24) is 0 Å². The fraction of sp³-hybridized carbons (Fsp3) is 0.462. The van der Waals surface area contributed by atoms with Gasteiger partial charge in [-0.3, -0.25) is 0 Å². The van der Waals surface area contributed by atoms with Gasteiger partial charge in [0.15, 0.2) is 0 Å². The van der Waals surface area contributed by atoms with Crippen LogP contribution in [0.1, 0.15) is 55.2 Å². The molecule has 2 saturated carbocycles. The van der Waals surface area contributed by atoms with Crippen LogP contribution < -0.4 is 4.74 Å². The topological polar surface area (TPSA) is 29.5 Å². The van der Waals surface area contributed by atoms with Crippen molar-refractivity contribution in [2.24, 2.45) is 17.3 Å². The Kier molecular flexibility index (Phi) is 4.35. The molecule has 0 spiro atoms. The number of hydrogen-bond donors (Lipinski definition) is 1. The summed E-state index contributed by atoms with van der Waals surface area (Å²) in [6.07, 6.45) is 5.32. The summed E-state index contributed by atoms with van der Waals surface area (Å²) < 4.78 is 6.06. The van der Waals surface area contributed by atoms with E-state index in [1.54, 1.807) is 0 Å². The second-order valence-corrected chi connectivity index (χ2v) is 9.36. The van der Waals surface area contributed by atoms with Gasteiger partial charge in [-0.25, -0.2) is 0 Å². The number of ether oxygens (including phenoxy) is 1. The SMILES string of the molecule is C=C1C[C@H]2[C@@H]3CCc4cc(OCc5ccccc5)ccc4[C@H]3CC[C@]2(C)[C@H]1O. The van der Waals surface area contributed by atoms with Gasteiger partial charge in [-0.05, 0) is 84.3 Å². The minimum absolute atomic E-state index is 0.0362. The lowest BCUT2D eigenvalue weighted by Gasteiger charge is -2.49. The first-order valence-electron chi connectivity index (χ1n) is 10.7. The molecule has 2 fully saturated rings. The van der Waals surface area contributed by atoms with Crippen LogP contribution in [0.4, 0.5) is 0 Å². The molecule has 146 valence electrons. The van der Waals surface area contributed by atoms with Crippen molar-refractivity contribution in [3.05, 3.63) is 77.4 Å². The van der Waals surface area contributed by atoms with E-state index >= 15 is 0 Å². The van der Waals surface area contributed by atoms with Crippen molar-refractivity contribution in [2.75, 3.05) is 0 Å². The highest BCUT2D eigenvalue weighted by Gasteiger charge is 2.55. The van der Waals surface area contributed by atoms with E-state index in [2.05, 4.69) is 56.0 Å². The minimum Gasteiger partial charge on any atom is -0.489 e. The maximum absolute atomic E-state index is 10.7. The van der Waals surface area contributed by atoms with E-state index in [-0.39, 0.29) is 11.5 Å². The Bertz CT molecular complexity index is 887. The largest absolute Gasteiger partial charge is 0.489 e. The predicted molar refractivity (Wildman–Crippen MR) is 112 cm³/mol. The Hall–Kier alpha value is -2.06. The van der Waals surface area contributed by atoms with Crippen LogP contribution in [0.15, 0.2) is 60.7 Å². The van der Waals surface area contributed by atoms with E-state index in [9.17, 15) is 5.11 Å². The number of benzene rings is 2. The summed E-state index contributed by atoms with van der Waals surface area (Å²) in [5.74, 6) is 2.86. The fourth-order valence-corrected chi connectivity index (χ4v) is 6.32. The van der Waals surface area contributed by atoms with E-state index in [1.165, 1.54) is 29.5 Å². The number of fused-ring (bicyclic) bond motifs is 5. The van der Waals surface area contributed by atoms with Crippen molar-refractivity contribution >= 4 is 0 Å². The molecule has 5 rings (SSSR count). The van der Waals surface area contributed by atoms with Gasteiger partial charge in [-0.15, -0.1) is 0 Å². The Morgan fingerprint density at radius 2 is 1.96 bits per heavy atom. The molecule has 5 atom stereocenters. The molecular weight excluding hydrogens is 344 g/mol. The first kappa shape index (κ1) is 18.0. The molecule has 0 saturated heterocycles. The molecule has 28 heavy (non-hydrogen) atoms. The summed E-state index contributed by atoms with van der Waals surface area (Å²) in [5.41, 5.74) is 5.29. The monoisotopic (exact) mass is 374 g/mol. The zero-order valence-corrected chi connectivity index (χ0v) is 16.7. The number of hydrogen-bond acceptors (Lipinski definition) is 2. The molecule has 0 bridgehead atoms. The van der Waals surface area contributed by atoms with Crippen LogP contribution in [0, 0.1) is 17.3 Å². The molecule has 2 nitrogen and oxygen atoms in total. The van der Waals surface area contributed by atoms with E-state index in [0.717, 1.165) is 30.6 Å². The van der Waals surface area contributed by atoms with Crippen LogP contribution in [-0.4, -0.2) is 11.2 Å². The van der Waals surface area contributed by atoms with Crippen LogP contribution in [0.25, 0.3) is 0 Å². The number of rotatable bonds is 3. The quantitative estimate of drug-likeness (QED) is 0.704. The third-order valence-electron chi connectivity index (χ3n) is 7.88.